The molecule has 0 aromatic carbocycles. The molecule has 0 saturated carbocycles. The number of pyridine rings is 1. The highest BCUT2D eigenvalue weighted by atomic mass is 35.5. The lowest BCUT2D eigenvalue weighted by Crippen LogP contribution is -2.14. The fourth-order valence-corrected chi connectivity index (χ4v) is 1.55. The molecule has 2 rings (SSSR count). The fraction of sp³-hybridized carbons (Fsp3) is 0.273. The monoisotopic (exact) mass is 265 g/mol. The summed E-state index contributed by atoms with van der Waals surface area (Å²) >= 11 is 5.91. The van der Waals surface area contributed by atoms with Gasteiger partial charge in [-0.2, -0.15) is 0 Å². The summed E-state index contributed by atoms with van der Waals surface area (Å²) in [7, 11) is 0. The molecule has 2 heterocycles. The van der Waals surface area contributed by atoms with Crippen LogP contribution in [0.25, 0.3) is 0 Å². The molecule has 0 radical (unpaired) electrons. The Kier molecular flexibility index (Phi) is 3.88. The van der Waals surface area contributed by atoms with Crippen LogP contribution < -0.4 is 5.32 Å². The quantitative estimate of drug-likeness (QED) is 0.886. The summed E-state index contributed by atoms with van der Waals surface area (Å²) in [6.45, 7) is 2.03. The van der Waals surface area contributed by atoms with E-state index < -0.39 is 5.91 Å². The van der Waals surface area contributed by atoms with Gasteiger partial charge in [-0.3, -0.25) is 14.9 Å². The Morgan fingerprint density at radius 3 is 3.11 bits per heavy atom. The Morgan fingerprint density at radius 2 is 2.39 bits per heavy atom. The van der Waals surface area contributed by atoms with Gasteiger partial charge in [-0.15, -0.1) is 5.10 Å². The smallest absolute Gasteiger partial charge is 0.295 e. The molecule has 7 heteroatoms. The van der Waals surface area contributed by atoms with Gasteiger partial charge in [-0.1, -0.05) is 18.5 Å². The third-order valence-electron chi connectivity index (χ3n) is 2.24. The van der Waals surface area contributed by atoms with Crippen LogP contribution >= 0.6 is 11.6 Å². The van der Waals surface area contributed by atoms with Gasteiger partial charge < -0.3 is 5.32 Å². The summed E-state index contributed by atoms with van der Waals surface area (Å²) in [6, 6.07) is 1.59. The van der Waals surface area contributed by atoms with Gasteiger partial charge in [0.05, 0.1) is 16.9 Å². The van der Waals surface area contributed by atoms with Crippen LogP contribution in [-0.4, -0.2) is 26.1 Å². The zero-order valence-corrected chi connectivity index (χ0v) is 10.5. The number of H-pyrrole nitrogens is 1. The number of hydrogen-bond acceptors (Lipinski definition) is 4. The minimum Gasteiger partial charge on any atom is -0.317 e. The Balaban J connectivity index is 2.10. The van der Waals surface area contributed by atoms with Crippen LogP contribution in [0.1, 0.15) is 29.8 Å². The van der Waals surface area contributed by atoms with Crippen LogP contribution in [0.4, 0.5) is 5.69 Å². The summed E-state index contributed by atoms with van der Waals surface area (Å²) in [6.07, 6.45) is 4.71. The number of rotatable bonds is 4. The van der Waals surface area contributed by atoms with Crippen molar-refractivity contribution in [1.29, 1.82) is 0 Å². The van der Waals surface area contributed by atoms with Gasteiger partial charge in [0.25, 0.3) is 5.91 Å². The number of carbonyl (C=O) groups is 1. The van der Waals surface area contributed by atoms with Gasteiger partial charge in [0, 0.05) is 12.6 Å². The van der Waals surface area contributed by atoms with Crippen molar-refractivity contribution in [3.05, 3.63) is 35.1 Å². The number of hydrogen-bond donors (Lipinski definition) is 2. The third-order valence-corrected chi connectivity index (χ3v) is 2.57. The summed E-state index contributed by atoms with van der Waals surface area (Å²) in [5.74, 6) is 0.377. The molecule has 0 fully saturated rings. The topological polar surface area (TPSA) is 83.6 Å². The van der Waals surface area contributed by atoms with Crippen LogP contribution in [0, 0.1) is 0 Å². The van der Waals surface area contributed by atoms with E-state index in [2.05, 4.69) is 25.5 Å². The van der Waals surface area contributed by atoms with Crippen LogP contribution in [-0.2, 0) is 6.42 Å². The number of anilines is 1. The molecule has 2 aromatic rings. The first-order chi connectivity index (χ1) is 8.70. The molecular weight excluding hydrogens is 254 g/mol. The minimum atomic E-state index is -0.413. The third kappa shape index (κ3) is 2.84. The number of nitrogens with zero attached hydrogens (tertiary/aromatic N) is 3. The molecule has 0 unspecified atom stereocenters. The summed E-state index contributed by atoms with van der Waals surface area (Å²) in [5, 5.41) is 9.59. The first-order valence-corrected chi connectivity index (χ1v) is 5.90. The highest BCUT2D eigenvalue weighted by Gasteiger charge is 2.13. The molecule has 0 spiro atoms. The zero-order valence-electron chi connectivity index (χ0n) is 9.77. The summed E-state index contributed by atoms with van der Waals surface area (Å²) < 4.78 is 0. The molecule has 0 saturated heterocycles. The van der Waals surface area contributed by atoms with Gasteiger partial charge in [0.15, 0.2) is 0 Å². The minimum absolute atomic E-state index is 0.0957. The van der Waals surface area contributed by atoms with Crippen LogP contribution in [0.5, 0.6) is 0 Å². The average molecular weight is 266 g/mol. The normalized spacial score (nSPS) is 10.3. The lowest BCUT2D eigenvalue weighted by atomic mass is 10.3. The van der Waals surface area contributed by atoms with Gasteiger partial charge in [0.1, 0.15) is 5.82 Å². The van der Waals surface area contributed by atoms with E-state index in [9.17, 15) is 4.79 Å². The predicted octanol–water partition coefficient (Wildman–Crippen LogP) is 2.06. The van der Waals surface area contributed by atoms with Crippen molar-refractivity contribution in [3.8, 4) is 0 Å². The van der Waals surface area contributed by atoms with Crippen molar-refractivity contribution in [1.82, 2.24) is 20.2 Å². The van der Waals surface area contributed by atoms with E-state index in [4.69, 9.17) is 11.6 Å². The Bertz CT molecular complexity index is 554. The van der Waals surface area contributed by atoms with E-state index in [0.717, 1.165) is 12.8 Å². The van der Waals surface area contributed by atoms with Crippen molar-refractivity contribution in [2.24, 2.45) is 0 Å². The molecular formula is C11H12ClN5O. The lowest BCUT2D eigenvalue weighted by Gasteiger charge is -2.03. The van der Waals surface area contributed by atoms with Crippen molar-refractivity contribution in [2.45, 2.75) is 19.8 Å². The van der Waals surface area contributed by atoms with Gasteiger partial charge in [-0.25, -0.2) is 4.98 Å². The van der Waals surface area contributed by atoms with Crippen molar-refractivity contribution >= 4 is 23.2 Å². The second-order valence-corrected chi connectivity index (χ2v) is 4.07. The zero-order chi connectivity index (χ0) is 13.0. The van der Waals surface area contributed by atoms with E-state index in [1.54, 1.807) is 12.3 Å². The molecule has 0 bridgehead atoms. The molecule has 0 aliphatic rings. The molecule has 6 nitrogen and oxygen atoms in total. The van der Waals surface area contributed by atoms with E-state index in [1.807, 2.05) is 6.92 Å². The number of carbonyl (C=O) groups excluding carboxylic acids is 1. The van der Waals surface area contributed by atoms with Crippen LogP contribution in [0.2, 0.25) is 5.02 Å². The molecule has 0 aliphatic heterocycles. The molecule has 18 heavy (non-hydrogen) atoms. The maximum Gasteiger partial charge on any atom is 0.295 e. The summed E-state index contributed by atoms with van der Waals surface area (Å²) in [5.41, 5.74) is 0.436. The molecule has 1 amide bonds. The van der Waals surface area contributed by atoms with Crippen LogP contribution in [0.3, 0.4) is 0 Å². The van der Waals surface area contributed by atoms with Crippen molar-refractivity contribution in [3.63, 3.8) is 0 Å². The summed E-state index contributed by atoms with van der Waals surface area (Å²) in [4.78, 5) is 19.8. The highest BCUT2D eigenvalue weighted by molar-refractivity contribution is 6.33. The molecule has 2 aromatic heterocycles. The van der Waals surface area contributed by atoms with E-state index in [0.29, 0.717) is 16.5 Å². The predicted molar refractivity (Wildman–Crippen MR) is 67.6 cm³/mol. The first kappa shape index (κ1) is 12.5. The second-order valence-electron chi connectivity index (χ2n) is 3.67. The number of halogens is 1. The number of aromatic amines is 1. The maximum atomic E-state index is 11.8. The number of aromatic nitrogens is 4. The fourth-order valence-electron chi connectivity index (χ4n) is 1.39. The molecule has 0 aliphatic carbocycles. The number of aryl methyl sites for hydroxylation is 1. The van der Waals surface area contributed by atoms with Crippen molar-refractivity contribution < 1.29 is 4.79 Å². The number of nitrogens with one attached hydrogen (secondary N) is 2. The second kappa shape index (κ2) is 5.59. The van der Waals surface area contributed by atoms with E-state index >= 15 is 0 Å². The van der Waals surface area contributed by atoms with Gasteiger partial charge in [-0.05, 0) is 12.5 Å². The Morgan fingerprint density at radius 1 is 1.56 bits per heavy atom. The average Bonchev–Trinajstić information content (AvgIpc) is 2.81. The molecule has 94 valence electrons. The van der Waals surface area contributed by atoms with E-state index in [-0.39, 0.29) is 5.82 Å². The Labute approximate surface area is 109 Å². The van der Waals surface area contributed by atoms with Crippen LogP contribution in [0.15, 0.2) is 18.5 Å². The lowest BCUT2D eigenvalue weighted by molar-refractivity contribution is 0.101. The van der Waals surface area contributed by atoms with Crippen molar-refractivity contribution in [2.75, 3.05) is 5.32 Å². The largest absolute Gasteiger partial charge is 0.317 e. The SMILES string of the molecule is CCCc1nc(C(=O)Nc2cnccc2Cl)n[nH]1. The molecule has 2 N–H and O–H groups in total. The van der Waals surface area contributed by atoms with Gasteiger partial charge >= 0.3 is 0 Å². The standard InChI is InChI=1S/C11H12ClN5O/c1-2-3-9-15-10(17-16-9)11(18)14-8-6-13-5-4-7(8)12/h4-6H,2-3H2,1H3,(H,14,18)(H,15,16,17). The first-order valence-electron chi connectivity index (χ1n) is 5.53. The van der Waals surface area contributed by atoms with Gasteiger partial charge in [0.2, 0.25) is 5.82 Å². The number of amides is 1. The van der Waals surface area contributed by atoms with E-state index in [1.165, 1.54) is 6.20 Å². The highest BCUT2D eigenvalue weighted by Crippen LogP contribution is 2.19. The molecule has 0 atom stereocenters. The maximum absolute atomic E-state index is 11.8. The Hall–Kier alpha value is -1.95.